The van der Waals surface area contributed by atoms with Gasteiger partial charge in [0.2, 0.25) is 5.91 Å². The monoisotopic (exact) mass is 566 g/mol. The molecule has 0 bridgehead atoms. The Morgan fingerprint density at radius 1 is 1.22 bits per heavy atom. The van der Waals surface area contributed by atoms with Gasteiger partial charge < -0.3 is 20.6 Å². The second-order valence-electron chi connectivity index (χ2n) is 10.9. The number of phenols is 1. The first-order chi connectivity index (χ1) is 19.5. The number of benzene rings is 1. The number of hydrogen-bond acceptors (Lipinski definition) is 6. The number of nitrogens with zero attached hydrogens (tertiary/aromatic N) is 5. The number of aromatic hydroxyl groups is 1. The summed E-state index contributed by atoms with van der Waals surface area (Å²) in [5.74, 6) is -5.48. The van der Waals surface area contributed by atoms with Crippen LogP contribution in [-0.2, 0) is 23.6 Å². The zero-order valence-electron chi connectivity index (χ0n) is 22.4. The molecule has 12 heteroatoms. The number of carbonyl (C=O) groups excluding carboxylic acids is 2. The van der Waals surface area contributed by atoms with Crippen LogP contribution >= 0.6 is 0 Å². The molecular formula is C29H29F3N6O3. The van der Waals surface area contributed by atoms with Gasteiger partial charge in [-0.05, 0) is 42.5 Å². The van der Waals surface area contributed by atoms with Crippen molar-refractivity contribution in [3.8, 4) is 11.4 Å². The lowest BCUT2D eigenvalue weighted by Crippen LogP contribution is -2.46. The third kappa shape index (κ3) is 4.51. The van der Waals surface area contributed by atoms with E-state index in [1.165, 1.54) is 11.0 Å². The van der Waals surface area contributed by atoms with E-state index >= 15 is 0 Å². The molecule has 9 nitrogen and oxygen atoms in total. The number of aromatic nitrogens is 3. The van der Waals surface area contributed by atoms with Crippen LogP contribution in [0.4, 0.5) is 18.9 Å². The molecule has 2 aromatic heterocycles. The molecule has 3 aliphatic rings. The molecule has 0 saturated heterocycles. The van der Waals surface area contributed by atoms with Crippen molar-refractivity contribution in [2.45, 2.75) is 50.5 Å². The van der Waals surface area contributed by atoms with E-state index in [2.05, 4.69) is 11.6 Å². The van der Waals surface area contributed by atoms with Gasteiger partial charge in [-0.15, -0.1) is 0 Å². The van der Waals surface area contributed by atoms with Crippen LogP contribution in [0, 0.1) is 5.82 Å². The number of hydrogen-bond donors (Lipinski definition) is 2. The topological polar surface area (TPSA) is 118 Å². The van der Waals surface area contributed by atoms with Crippen LogP contribution in [0.15, 0.2) is 37.1 Å². The lowest BCUT2D eigenvalue weighted by atomic mass is 9.94. The molecule has 4 heterocycles. The highest BCUT2D eigenvalue weighted by molar-refractivity contribution is 5.99. The van der Waals surface area contributed by atoms with Gasteiger partial charge in [-0.3, -0.25) is 14.6 Å². The van der Waals surface area contributed by atoms with E-state index in [9.17, 15) is 27.9 Å². The first-order valence-electron chi connectivity index (χ1n) is 13.5. The summed E-state index contributed by atoms with van der Waals surface area (Å²) in [6.07, 6.45) is 4.99. The summed E-state index contributed by atoms with van der Waals surface area (Å²) in [5.41, 5.74) is 7.44. The number of anilines is 1. The average Bonchev–Trinajstić information content (AvgIpc) is 3.74. The molecule has 1 fully saturated rings. The van der Waals surface area contributed by atoms with Crippen molar-refractivity contribution >= 4 is 17.5 Å². The molecule has 2 aliphatic heterocycles. The lowest BCUT2D eigenvalue weighted by Gasteiger charge is -2.38. The Labute approximate surface area is 234 Å². The number of pyridine rings is 1. The minimum Gasteiger partial charge on any atom is -0.506 e. The van der Waals surface area contributed by atoms with E-state index in [1.54, 1.807) is 15.6 Å². The van der Waals surface area contributed by atoms with Crippen LogP contribution in [0.5, 0.6) is 5.75 Å². The standard InChI is InChI=1S/C29H29F3N6O3/c1-3-23(40)36-10-8-18-24-20(38(35-18)19-7-6-16(12-22(19)39)15-4-5-15)9-11-37(21(24)14-36)28(41)17-13-34-27(29(2,31)32)25(30)26(17)33/h3,6-7,12-13,15,21,39H,1,4-5,8-11,14H2,2H3,(H2,33,34)/t21-/m0/s1. The molecule has 0 unspecified atom stereocenters. The Kier molecular flexibility index (Phi) is 6.31. The van der Waals surface area contributed by atoms with Crippen LogP contribution < -0.4 is 5.73 Å². The lowest BCUT2D eigenvalue weighted by molar-refractivity contribution is -0.126. The summed E-state index contributed by atoms with van der Waals surface area (Å²) < 4.78 is 44.2. The molecule has 3 N–H and O–H groups in total. The highest BCUT2D eigenvalue weighted by Gasteiger charge is 2.41. The number of halogens is 3. The largest absolute Gasteiger partial charge is 0.506 e. The third-order valence-electron chi connectivity index (χ3n) is 8.14. The minimum atomic E-state index is -3.58. The average molecular weight is 567 g/mol. The Hall–Kier alpha value is -4.35. The minimum absolute atomic E-state index is 0.101. The molecule has 6 rings (SSSR count). The molecule has 41 heavy (non-hydrogen) atoms. The maximum absolute atomic E-state index is 14.8. The quantitative estimate of drug-likeness (QED) is 0.451. The Balaban J connectivity index is 1.42. The summed E-state index contributed by atoms with van der Waals surface area (Å²) >= 11 is 0. The molecular weight excluding hydrogens is 537 g/mol. The Bertz CT molecular complexity index is 1590. The first kappa shape index (κ1) is 26.9. The molecule has 0 radical (unpaired) electrons. The van der Waals surface area contributed by atoms with Gasteiger partial charge in [0.15, 0.2) is 5.82 Å². The van der Waals surface area contributed by atoms with Crippen LogP contribution in [-0.4, -0.2) is 61.1 Å². The predicted octanol–water partition coefficient (Wildman–Crippen LogP) is 3.99. The van der Waals surface area contributed by atoms with Gasteiger partial charge in [-0.1, -0.05) is 12.6 Å². The molecule has 1 saturated carbocycles. The second kappa shape index (κ2) is 9.64. The summed E-state index contributed by atoms with van der Waals surface area (Å²) in [7, 11) is 0. The van der Waals surface area contributed by atoms with Gasteiger partial charge in [-0.2, -0.15) is 13.9 Å². The van der Waals surface area contributed by atoms with E-state index < -0.39 is 35.1 Å². The molecule has 1 aromatic carbocycles. The summed E-state index contributed by atoms with van der Waals surface area (Å²) in [4.78, 5) is 33.0. The van der Waals surface area contributed by atoms with Gasteiger partial charge >= 0.3 is 0 Å². The molecule has 214 valence electrons. The van der Waals surface area contributed by atoms with Crippen molar-refractivity contribution in [1.82, 2.24) is 24.6 Å². The highest BCUT2D eigenvalue weighted by atomic mass is 19.3. The number of carbonyl (C=O) groups is 2. The van der Waals surface area contributed by atoms with Crippen LogP contribution in [0.2, 0.25) is 0 Å². The van der Waals surface area contributed by atoms with E-state index in [0.29, 0.717) is 43.6 Å². The number of phenolic OH excluding ortho intramolecular Hbond substituents is 1. The maximum atomic E-state index is 14.8. The smallest absolute Gasteiger partial charge is 0.289 e. The fourth-order valence-electron chi connectivity index (χ4n) is 5.89. The maximum Gasteiger partial charge on any atom is 0.289 e. The van der Waals surface area contributed by atoms with Crippen LogP contribution in [0.1, 0.15) is 70.3 Å². The molecule has 2 amide bonds. The van der Waals surface area contributed by atoms with E-state index in [0.717, 1.165) is 35.9 Å². The number of rotatable bonds is 5. The van der Waals surface area contributed by atoms with Crippen LogP contribution in [0.25, 0.3) is 5.69 Å². The van der Waals surface area contributed by atoms with E-state index in [1.807, 2.05) is 12.1 Å². The summed E-state index contributed by atoms with van der Waals surface area (Å²) in [6, 6.07) is 4.90. The fourth-order valence-corrected chi connectivity index (χ4v) is 5.89. The van der Waals surface area contributed by atoms with Crippen molar-refractivity contribution in [3.63, 3.8) is 0 Å². The number of alkyl halides is 2. The molecule has 1 atom stereocenters. The van der Waals surface area contributed by atoms with Crippen molar-refractivity contribution in [2.75, 3.05) is 25.4 Å². The number of amides is 2. The Morgan fingerprint density at radius 3 is 2.63 bits per heavy atom. The van der Waals surface area contributed by atoms with Crippen LogP contribution in [0.3, 0.4) is 0 Å². The zero-order chi connectivity index (χ0) is 29.2. The summed E-state index contributed by atoms with van der Waals surface area (Å²) in [6.45, 7) is 4.64. The fraction of sp³-hybridized carbons (Fsp3) is 0.379. The van der Waals surface area contributed by atoms with Gasteiger partial charge in [0.25, 0.3) is 11.8 Å². The third-order valence-corrected chi connectivity index (χ3v) is 8.14. The second-order valence-corrected chi connectivity index (χ2v) is 10.9. The van der Waals surface area contributed by atoms with Crippen molar-refractivity contribution in [2.24, 2.45) is 0 Å². The SMILES string of the molecule is C=CC(=O)N1CCc2nn(-c3ccc(C4CC4)cc3O)c3c2[C@H](C1)N(C(=O)c1cnc(C(C)(F)F)c(F)c1N)CC3. The summed E-state index contributed by atoms with van der Waals surface area (Å²) in [5, 5.41) is 15.7. The van der Waals surface area contributed by atoms with Crippen molar-refractivity contribution in [1.29, 1.82) is 0 Å². The first-order valence-corrected chi connectivity index (χ1v) is 13.5. The Morgan fingerprint density at radius 2 is 1.98 bits per heavy atom. The van der Waals surface area contributed by atoms with Crippen molar-refractivity contribution < 1.29 is 27.9 Å². The van der Waals surface area contributed by atoms with E-state index in [4.69, 9.17) is 10.8 Å². The molecule has 0 spiro atoms. The number of nitrogen functional groups attached to an aromatic ring is 1. The normalized spacial score (nSPS) is 18.6. The number of nitrogens with two attached hydrogens (primary N) is 1. The van der Waals surface area contributed by atoms with Gasteiger partial charge in [0, 0.05) is 51.2 Å². The molecule has 3 aromatic rings. The van der Waals surface area contributed by atoms with Gasteiger partial charge in [-0.25, -0.2) is 9.07 Å². The zero-order valence-corrected chi connectivity index (χ0v) is 22.4. The predicted molar refractivity (Wildman–Crippen MR) is 143 cm³/mol. The van der Waals surface area contributed by atoms with Gasteiger partial charge in [0.1, 0.15) is 17.1 Å². The molecule has 1 aliphatic carbocycles. The highest BCUT2D eigenvalue weighted by Crippen LogP contribution is 2.43. The van der Waals surface area contributed by atoms with E-state index in [-0.39, 0.29) is 30.3 Å². The van der Waals surface area contributed by atoms with Gasteiger partial charge in [0.05, 0.1) is 28.7 Å². The van der Waals surface area contributed by atoms with Crippen molar-refractivity contribution in [3.05, 3.63) is 76.6 Å².